The van der Waals surface area contributed by atoms with Gasteiger partial charge in [-0.15, -0.1) is 0 Å². The molecule has 0 bridgehead atoms. The minimum Gasteiger partial charge on any atom is -0.452 e. The van der Waals surface area contributed by atoms with Crippen LogP contribution in [-0.2, 0) is 9.53 Å². The van der Waals surface area contributed by atoms with E-state index in [0.717, 1.165) is 17.3 Å². The zero-order valence-corrected chi connectivity index (χ0v) is 12.6. The molecule has 0 spiro atoms. The molecule has 0 aliphatic carbocycles. The van der Waals surface area contributed by atoms with Crippen molar-refractivity contribution in [3.8, 4) is 0 Å². The number of nitrogens with one attached hydrogen (secondary N) is 3. The van der Waals surface area contributed by atoms with Crippen molar-refractivity contribution in [2.24, 2.45) is 0 Å². The molecule has 0 aliphatic rings. The summed E-state index contributed by atoms with van der Waals surface area (Å²) in [5.74, 6) is -1.53. The van der Waals surface area contributed by atoms with Gasteiger partial charge in [0.25, 0.3) is 11.5 Å². The number of carbonyl (C=O) groups excluding carboxylic acids is 2. The number of benzene rings is 1. The number of esters is 1. The first kappa shape index (κ1) is 16.2. The lowest BCUT2D eigenvalue weighted by Gasteiger charge is -2.11. The lowest BCUT2D eigenvalue weighted by Crippen LogP contribution is -2.29. The number of para-hydroxylation sites is 1. The zero-order valence-electron chi connectivity index (χ0n) is 12.6. The number of aryl methyl sites for hydroxylation is 2. The van der Waals surface area contributed by atoms with E-state index in [4.69, 9.17) is 4.74 Å². The Kier molecular flexibility index (Phi) is 4.75. The van der Waals surface area contributed by atoms with Gasteiger partial charge in [0.15, 0.2) is 6.61 Å². The summed E-state index contributed by atoms with van der Waals surface area (Å²) in [7, 11) is 0. The van der Waals surface area contributed by atoms with Crippen LogP contribution < -0.4 is 16.6 Å². The van der Waals surface area contributed by atoms with Gasteiger partial charge in [-0.3, -0.25) is 14.6 Å². The van der Waals surface area contributed by atoms with Crippen molar-refractivity contribution in [1.29, 1.82) is 0 Å². The number of rotatable bonds is 4. The fourth-order valence-electron chi connectivity index (χ4n) is 1.96. The average molecular weight is 317 g/mol. The second-order valence-electron chi connectivity index (χ2n) is 4.88. The summed E-state index contributed by atoms with van der Waals surface area (Å²) in [6, 6.07) is 5.55. The van der Waals surface area contributed by atoms with Crippen molar-refractivity contribution in [1.82, 2.24) is 9.97 Å². The van der Waals surface area contributed by atoms with Crippen LogP contribution in [0.2, 0.25) is 0 Å². The minimum absolute atomic E-state index is 0.385. The number of aromatic amines is 2. The van der Waals surface area contributed by atoms with Crippen LogP contribution in [0.15, 0.2) is 34.0 Å². The summed E-state index contributed by atoms with van der Waals surface area (Å²) >= 11 is 0. The Labute approximate surface area is 130 Å². The fraction of sp³-hybridized carbons (Fsp3) is 0.200. The van der Waals surface area contributed by atoms with Crippen molar-refractivity contribution in [3.05, 3.63) is 61.9 Å². The molecule has 0 fully saturated rings. The molecule has 120 valence electrons. The average Bonchev–Trinajstić information content (AvgIpc) is 2.49. The van der Waals surface area contributed by atoms with Crippen LogP contribution in [0.25, 0.3) is 0 Å². The summed E-state index contributed by atoms with van der Waals surface area (Å²) in [5.41, 5.74) is 0.400. The molecule has 8 heteroatoms. The van der Waals surface area contributed by atoms with Gasteiger partial charge in [-0.05, 0) is 25.0 Å². The molecule has 0 saturated carbocycles. The summed E-state index contributed by atoms with van der Waals surface area (Å²) < 4.78 is 4.77. The number of aromatic nitrogens is 2. The van der Waals surface area contributed by atoms with E-state index in [2.05, 4.69) is 10.3 Å². The second kappa shape index (κ2) is 6.73. The van der Waals surface area contributed by atoms with Crippen LogP contribution in [0.1, 0.15) is 21.5 Å². The standard InChI is InChI=1S/C15H15N3O5/c1-8-4-3-5-9(2)12(8)17-11(19)7-23-14(21)10-6-16-15(22)18-13(10)20/h3-6H,7H2,1-2H3,(H,17,19)(H2,16,18,20,22). The predicted molar refractivity (Wildman–Crippen MR) is 82.5 cm³/mol. The molecule has 0 radical (unpaired) electrons. The van der Waals surface area contributed by atoms with E-state index in [9.17, 15) is 19.2 Å². The number of H-pyrrole nitrogens is 2. The molecule has 1 aromatic carbocycles. The molecule has 0 saturated heterocycles. The fourth-order valence-corrected chi connectivity index (χ4v) is 1.96. The van der Waals surface area contributed by atoms with E-state index in [0.29, 0.717) is 5.69 Å². The molecule has 1 aromatic heterocycles. The van der Waals surface area contributed by atoms with Gasteiger partial charge >= 0.3 is 11.7 Å². The van der Waals surface area contributed by atoms with E-state index < -0.39 is 29.7 Å². The third kappa shape index (κ3) is 3.94. The van der Waals surface area contributed by atoms with E-state index in [1.54, 1.807) is 0 Å². The van der Waals surface area contributed by atoms with Crippen LogP contribution in [-0.4, -0.2) is 28.5 Å². The van der Waals surface area contributed by atoms with Crippen LogP contribution in [0.5, 0.6) is 0 Å². The monoisotopic (exact) mass is 317 g/mol. The maximum absolute atomic E-state index is 11.9. The molecule has 8 nitrogen and oxygen atoms in total. The predicted octanol–water partition coefficient (Wildman–Crippen LogP) is 0.476. The molecule has 3 N–H and O–H groups in total. The maximum atomic E-state index is 11.9. The highest BCUT2D eigenvalue weighted by molar-refractivity contribution is 5.96. The quantitative estimate of drug-likeness (QED) is 0.708. The molecule has 1 amide bonds. The third-order valence-corrected chi connectivity index (χ3v) is 3.12. The third-order valence-electron chi connectivity index (χ3n) is 3.12. The van der Waals surface area contributed by atoms with Gasteiger partial charge in [-0.25, -0.2) is 9.59 Å². The van der Waals surface area contributed by atoms with Crippen molar-refractivity contribution in [3.63, 3.8) is 0 Å². The first-order valence-electron chi connectivity index (χ1n) is 6.73. The smallest absolute Gasteiger partial charge is 0.345 e. The molecule has 0 aliphatic heterocycles. The summed E-state index contributed by atoms with van der Waals surface area (Å²) in [6.45, 7) is 3.13. The van der Waals surface area contributed by atoms with E-state index in [1.165, 1.54) is 0 Å². The number of hydrogen-bond acceptors (Lipinski definition) is 5. The highest BCUT2D eigenvalue weighted by atomic mass is 16.5. The Balaban J connectivity index is 2.00. The van der Waals surface area contributed by atoms with Gasteiger partial charge in [0.1, 0.15) is 5.56 Å². The summed E-state index contributed by atoms with van der Waals surface area (Å²) in [6.07, 6.45) is 0.937. The number of amides is 1. The van der Waals surface area contributed by atoms with Crippen LogP contribution in [0, 0.1) is 13.8 Å². The molecular formula is C15H15N3O5. The van der Waals surface area contributed by atoms with E-state index >= 15 is 0 Å². The van der Waals surface area contributed by atoms with Crippen molar-refractivity contribution in [2.45, 2.75) is 13.8 Å². The zero-order chi connectivity index (χ0) is 17.0. The largest absolute Gasteiger partial charge is 0.452 e. The minimum atomic E-state index is -1.00. The normalized spacial score (nSPS) is 10.2. The molecular weight excluding hydrogens is 302 g/mol. The van der Waals surface area contributed by atoms with Crippen LogP contribution in [0.4, 0.5) is 5.69 Å². The molecule has 0 unspecified atom stereocenters. The van der Waals surface area contributed by atoms with Crippen molar-refractivity contribution >= 4 is 17.6 Å². The van der Waals surface area contributed by atoms with Gasteiger partial charge in [-0.1, -0.05) is 18.2 Å². The van der Waals surface area contributed by atoms with Gasteiger partial charge in [0.05, 0.1) is 0 Å². The topological polar surface area (TPSA) is 121 Å². The first-order chi connectivity index (χ1) is 10.9. The SMILES string of the molecule is Cc1cccc(C)c1NC(=O)COC(=O)c1c[nH]c(=O)[nH]c1=O. The second-order valence-corrected chi connectivity index (χ2v) is 4.88. The number of ether oxygens (including phenoxy) is 1. The summed E-state index contributed by atoms with van der Waals surface area (Å²) in [4.78, 5) is 49.9. The number of anilines is 1. The number of hydrogen-bond donors (Lipinski definition) is 3. The Hall–Kier alpha value is -3.16. The van der Waals surface area contributed by atoms with Gasteiger partial charge in [0, 0.05) is 11.9 Å². The van der Waals surface area contributed by atoms with E-state index in [-0.39, 0.29) is 5.56 Å². The van der Waals surface area contributed by atoms with Crippen molar-refractivity contribution < 1.29 is 14.3 Å². The Morgan fingerprint density at radius 2 is 1.83 bits per heavy atom. The molecule has 23 heavy (non-hydrogen) atoms. The highest BCUT2D eigenvalue weighted by Gasteiger charge is 2.15. The van der Waals surface area contributed by atoms with Crippen molar-refractivity contribution in [2.75, 3.05) is 11.9 Å². The highest BCUT2D eigenvalue weighted by Crippen LogP contribution is 2.19. The van der Waals surface area contributed by atoms with Gasteiger partial charge in [-0.2, -0.15) is 0 Å². The van der Waals surface area contributed by atoms with Crippen LogP contribution >= 0.6 is 0 Å². The summed E-state index contributed by atoms with van der Waals surface area (Å²) in [5, 5.41) is 2.65. The first-order valence-corrected chi connectivity index (χ1v) is 6.73. The Bertz CT molecular complexity index is 846. The lowest BCUT2D eigenvalue weighted by atomic mass is 10.1. The molecule has 2 aromatic rings. The maximum Gasteiger partial charge on any atom is 0.345 e. The number of carbonyl (C=O) groups is 2. The van der Waals surface area contributed by atoms with Gasteiger partial charge in [0.2, 0.25) is 0 Å². The Morgan fingerprint density at radius 3 is 2.43 bits per heavy atom. The Morgan fingerprint density at radius 1 is 1.17 bits per heavy atom. The van der Waals surface area contributed by atoms with Crippen LogP contribution in [0.3, 0.4) is 0 Å². The lowest BCUT2D eigenvalue weighted by molar-refractivity contribution is -0.119. The molecule has 2 rings (SSSR count). The molecule has 1 heterocycles. The van der Waals surface area contributed by atoms with Gasteiger partial charge < -0.3 is 15.0 Å². The molecule has 0 atom stereocenters. The van der Waals surface area contributed by atoms with E-state index in [1.807, 2.05) is 37.0 Å².